The Morgan fingerprint density at radius 1 is 0.771 bits per heavy atom. The summed E-state index contributed by atoms with van der Waals surface area (Å²) >= 11 is 0. The Bertz CT molecular complexity index is 1140. The number of benzene rings is 2. The first-order chi connectivity index (χ1) is 15.9. The molecule has 0 atom stereocenters. The smallest absolute Gasteiger partial charge is 0.352 e. The Morgan fingerprint density at radius 3 is 1.86 bits per heavy atom. The molecule has 0 bridgehead atoms. The summed E-state index contributed by atoms with van der Waals surface area (Å²) in [4.78, 5) is 33.2. The third kappa shape index (κ3) is 7.31. The first kappa shape index (κ1) is 27.4. The van der Waals surface area contributed by atoms with Gasteiger partial charge in [0.1, 0.15) is 12.0 Å². The van der Waals surface area contributed by atoms with Crippen molar-refractivity contribution in [2.24, 2.45) is 0 Å². The zero-order valence-electron chi connectivity index (χ0n) is 16.9. The number of nitro groups is 1. The summed E-state index contributed by atoms with van der Waals surface area (Å²) in [6, 6.07) is 2.59. The maximum atomic E-state index is 13.0. The van der Waals surface area contributed by atoms with Crippen LogP contribution < -0.4 is 10.6 Å². The minimum absolute atomic E-state index is 0.0359. The molecule has 35 heavy (non-hydrogen) atoms. The van der Waals surface area contributed by atoms with Crippen LogP contribution >= 0.6 is 0 Å². The maximum Gasteiger partial charge on any atom is 0.423 e. The van der Waals surface area contributed by atoms with Crippen LogP contribution in [0.25, 0.3) is 0 Å². The summed E-state index contributed by atoms with van der Waals surface area (Å²) < 4.78 is 116. The van der Waals surface area contributed by atoms with E-state index in [2.05, 4.69) is 0 Å². The van der Waals surface area contributed by atoms with Crippen LogP contribution in [0.2, 0.25) is 0 Å². The van der Waals surface area contributed by atoms with Crippen molar-refractivity contribution in [1.82, 2.24) is 5.32 Å². The van der Waals surface area contributed by atoms with Gasteiger partial charge in [-0.15, -0.1) is 0 Å². The number of alkyl halides is 9. The van der Waals surface area contributed by atoms with E-state index >= 15 is 0 Å². The molecule has 0 unspecified atom stereocenters. The van der Waals surface area contributed by atoms with E-state index in [-0.39, 0.29) is 17.7 Å². The van der Waals surface area contributed by atoms with Crippen molar-refractivity contribution in [3.63, 3.8) is 0 Å². The van der Waals surface area contributed by atoms with Crippen LogP contribution in [-0.2, 0) is 34.7 Å². The second-order valence-electron chi connectivity index (χ2n) is 6.86. The average Bonchev–Trinajstić information content (AvgIpc) is 2.69. The summed E-state index contributed by atoms with van der Waals surface area (Å²) in [5.74, 6) is -2.33. The SMILES string of the molecule is O=C(CC(=O)Nc1ccc(C(F)(F)F)c(C(F)(F)F)c1)NCc1ccc([N+](=O)[O-])c(C(F)(F)F)c1. The van der Waals surface area contributed by atoms with Gasteiger partial charge in [0, 0.05) is 18.3 Å². The quantitative estimate of drug-likeness (QED) is 0.235. The van der Waals surface area contributed by atoms with Gasteiger partial charge in [0.05, 0.1) is 16.1 Å². The fraction of sp³-hybridized carbons (Fsp3) is 0.263. The topological polar surface area (TPSA) is 101 Å². The highest BCUT2D eigenvalue weighted by Crippen LogP contribution is 2.41. The van der Waals surface area contributed by atoms with Crippen LogP contribution in [0, 0.1) is 10.1 Å². The van der Waals surface area contributed by atoms with Crippen molar-refractivity contribution in [1.29, 1.82) is 0 Å². The molecule has 0 radical (unpaired) electrons. The fourth-order valence-electron chi connectivity index (χ4n) is 2.80. The van der Waals surface area contributed by atoms with E-state index < -0.39 is 76.3 Å². The molecular weight excluding hydrogens is 505 g/mol. The zero-order chi connectivity index (χ0) is 26.8. The van der Waals surface area contributed by atoms with E-state index in [0.717, 1.165) is 6.07 Å². The zero-order valence-corrected chi connectivity index (χ0v) is 16.9. The first-order valence-electron chi connectivity index (χ1n) is 9.09. The molecule has 0 spiro atoms. The molecule has 2 N–H and O–H groups in total. The van der Waals surface area contributed by atoms with Crippen LogP contribution in [0.4, 0.5) is 50.9 Å². The van der Waals surface area contributed by atoms with Crippen LogP contribution in [0.1, 0.15) is 28.7 Å². The van der Waals surface area contributed by atoms with Gasteiger partial charge in [-0.05, 0) is 29.8 Å². The summed E-state index contributed by atoms with van der Waals surface area (Å²) in [5, 5.41) is 14.6. The van der Waals surface area contributed by atoms with Crippen molar-refractivity contribution in [3.8, 4) is 0 Å². The molecule has 0 aliphatic heterocycles. The van der Waals surface area contributed by atoms with E-state index in [4.69, 9.17) is 0 Å². The van der Waals surface area contributed by atoms with Crippen LogP contribution in [0.15, 0.2) is 36.4 Å². The lowest BCUT2D eigenvalue weighted by Crippen LogP contribution is -2.28. The van der Waals surface area contributed by atoms with Gasteiger partial charge in [0.15, 0.2) is 0 Å². The normalized spacial score (nSPS) is 12.3. The summed E-state index contributed by atoms with van der Waals surface area (Å²) in [7, 11) is 0. The van der Waals surface area contributed by atoms with Gasteiger partial charge in [-0.25, -0.2) is 0 Å². The third-order valence-corrected chi connectivity index (χ3v) is 4.29. The number of anilines is 1. The maximum absolute atomic E-state index is 13.0. The Labute approximate surface area is 189 Å². The highest BCUT2D eigenvalue weighted by molar-refractivity contribution is 6.03. The monoisotopic (exact) mass is 517 g/mol. The van der Waals surface area contributed by atoms with Crippen molar-refractivity contribution >= 4 is 23.2 Å². The highest BCUT2D eigenvalue weighted by atomic mass is 19.4. The van der Waals surface area contributed by atoms with Crippen molar-refractivity contribution in [2.45, 2.75) is 31.5 Å². The molecule has 0 heterocycles. The number of nitrogens with zero attached hydrogens (tertiary/aromatic N) is 1. The fourth-order valence-corrected chi connectivity index (χ4v) is 2.80. The number of carbonyl (C=O) groups is 2. The number of hydrogen-bond donors (Lipinski definition) is 2. The molecule has 0 fully saturated rings. The first-order valence-corrected chi connectivity index (χ1v) is 9.09. The molecule has 0 aliphatic carbocycles. The number of nitrogens with one attached hydrogen (secondary N) is 2. The molecule has 0 saturated carbocycles. The molecule has 2 aromatic rings. The van der Waals surface area contributed by atoms with Gasteiger partial charge in [-0.2, -0.15) is 39.5 Å². The average molecular weight is 517 g/mol. The second kappa shape index (κ2) is 9.79. The van der Waals surface area contributed by atoms with E-state index in [9.17, 15) is 59.2 Å². The van der Waals surface area contributed by atoms with Gasteiger partial charge in [0.2, 0.25) is 11.8 Å². The largest absolute Gasteiger partial charge is 0.423 e. The van der Waals surface area contributed by atoms with Crippen LogP contribution in [0.5, 0.6) is 0 Å². The summed E-state index contributed by atoms with van der Waals surface area (Å²) in [6.45, 7) is -0.592. The highest BCUT2D eigenvalue weighted by Gasteiger charge is 2.43. The van der Waals surface area contributed by atoms with E-state index in [1.165, 1.54) is 0 Å². The van der Waals surface area contributed by atoms with Gasteiger partial charge in [-0.3, -0.25) is 19.7 Å². The number of rotatable bonds is 6. The van der Waals surface area contributed by atoms with Crippen molar-refractivity contribution in [2.75, 3.05) is 5.32 Å². The van der Waals surface area contributed by atoms with Crippen LogP contribution in [0.3, 0.4) is 0 Å². The number of amides is 2. The molecule has 190 valence electrons. The van der Waals surface area contributed by atoms with E-state index in [0.29, 0.717) is 18.2 Å². The minimum Gasteiger partial charge on any atom is -0.352 e. The Morgan fingerprint density at radius 2 is 1.34 bits per heavy atom. The number of nitro benzene ring substituents is 1. The molecule has 0 aromatic heterocycles. The number of hydrogen-bond acceptors (Lipinski definition) is 4. The van der Waals surface area contributed by atoms with Crippen molar-refractivity contribution < 1.29 is 54.0 Å². The minimum atomic E-state index is -5.40. The molecule has 16 heteroatoms. The Hall–Kier alpha value is -3.85. The number of carbonyl (C=O) groups excluding carboxylic acids is 2. The summed E-state index contributed by atoms with van der Waals surface area (Å²) in [6.07, 6.45) is -16.8. The lowest BCUT2D eigenvalue weighted by atomic mass is 10.1. The van der Waals surface area contributed by atoms with Crippen LogP contribution in [-0.4, -0.2) is 16.7 Å². The molecule has 0 aliphatic rings. The van der Waals surface area contributed by atoms with E-state index in [1.807, 2.05) is 10.6 Å². The molecule has 0 saturated heterocycles. The molecule has 2 rings (SSSR count). The number of halogens is 9. The van der Waals surface area contributed by atoms with E-state index in [1.54, 1.807) is 0 Å². The standard InChI is InChI=1S/C19H12F9N3O4/c20-17(21,22)11-3-2-10(6-12(11)18(23,24)25)30-16(33)7-15(32)29-8-9-1-4-14(31(34)35)13(5-9)19(26,27)28/h1-6H,7-8H2,(H,29,32)(H,30,33). The second-order valence-corrected chi connectivity index (χ2v) is 6.86. The van der Waals surface area contributed by atoms with Gasteiger partial charge in [-0.1, -0.05) is 6.07 Å². The summed E-state index contributed by atoms with van der Waals surface area (Å²) in [5.41, 5.74) is -7.74. The molecule has 2 aromatic carbocycles. The lowest BCUT2D eigenvalue weighted by molar-refractivity contribution is -0.388. The van der Waals surface area contributed by atoms with Gasteiger partial charge < -0.3 is 10.6 Å². The Balaban J connectivity index is 2.07. The Kier molecular flexibility index (Phi) is 7.66. The lowest BCUT2D eigenvalue weighted by Gasteiger charge is -2.17. The predicted octanol–water partition coefficient (Wildman–Crippen LogP) is 5.30. The molecular formula is C19H12F9N3O4. The molecule has 7 nitrogen and oxygen atoms in total. The third-order valence-electron chi connectivity index (χ3n) is 4.29. The van der Waals surface area contributed by atoms with Gasteiger partial charge >= 0.3 is 18.5 Å². The molecule has 2 amide bonds. The predicted molar refractivity (Wildman–Crippen MR) is 99.6 cm³/mol. The van der Waals surface area contributed by atoms with Gasteiger partial charge in [0.25, 0.3) is 5.69 Å². The van der Waals surface area contributed by atoms with Crippen molar-refractivity contribution in [3.05, 3.63) is 68.8 Å².